The summed E-state index contributed by atoms with van der Waals surface area (Å²) in [7, 11) is 0. The average Bonchev–Trinajstić information content (AvgIpc) is 2.49. The number of aliphatic hydroxyl groups is 1. The third-order valence-electron chi connectivity index (χ3n) is 2.51. The SMILES string of the molecule is O=C(Nc1ccccc1)c1ncccc1C#CCCO. The van der Waals surface area contributed by atoms with E-state index in [4.69, 9.17) is 5.11 Å². The number of hydrogen-bond acceptors (Lipinski definition) is 3. The number of anilines is 1. The van der Waals surface area contributed by atoms with E-state index < -0.39 is 0 Å². The van der Waals surface area contributed by atoms with Crippen LogP contribution in [0.15, 0.2) is 48.7 Å². The first-order valence-electron chi connectivity index (χ1n) is 6.22. The zero-order valence-electron chi connectivity index (χ0n) is 10.8. The fourth-order valence-corrected chi connectivity index (χ4v) is 1.61. The molecule has 1 amide bonds. The molecular weight excluding hydrogens is 252 g/mol. The third kappa shape index (κ3) is 3.67. The minimum absolute atomic E-state index is 0.00118. The quantitative estimate of drug-likeness (QED) is 0.836. The molecule has 2 N–H and O–H groups in total. The van der Waals surface area contributed by atoms with Crippen LogP contribution < -0.4 is 5.32 Å². The summed E-state index contributed by atoms with van der Waals surface area (Å²) in [6.45, 7) is -0.00118. The number of benzene rings is 1. The second-order valence-electron chi connectivity index (χ2n) is 4.00. The molecule has 0 aliphatic heterocycles. The van der Waals surface area contributed by atoms with Crippen LogP contribution in [0, 0.1) is 11.8 Å². The standard InChI is InChI=1S/C16H14N2O2/c19-12-5-4-7-13-8-6-11-17-15(13)16(20)18-14-9-2-1-3-10-14/h1-3,6,8-11,19H,5,12H2,(H,18,20). The van der Waals surface area contributed by atoms with Gasteiger partial charge in [-0.1, -0.05) is 30.0 Å². The highest BCUT2D eigenvalue weighted by molar-refractivity contribution is 6.04. The predicted octanol–water partition coefficient (Wildman–Crippen LogP) is 2.07. The number of pyridine rings is 1. The Balaban J connectivity index is 2.20. The lowest BCUT2D eigenvalue weighted by Gasteiger charge is -2.05. The van der Waals surface area contributed by atoms with Gasteiger partial charge in [-0.05, 0) is 24.3 Å². The number of nitrogens with zero attached hydrogens (tertiary/aromatic N) is 1. The van der Waals surface area contributed by atoms with Gasteiger partial charge in [-0.3, -0.25) is 4.79 Å². The van der Waals surface area contributed by atoms with Crippen LogP contribution in [-0.2, 0) is 0 Å². The number of nitrogens with one attached hydrogen (secondary N) is 1. The van der Waals surface area contributed by atoms with E-state index in [1.807, 2.05) is 18.2 Å². The number of hydrogen-bond donors (Lipinski definition) is 2. The Hall–Kier alpha value is -2.64. The van der Waals surface area contributed by atoms with Gasteiger partial charge < -0.3 is 10.4 Å². The highest BCUT2D eigenvalue weighted by Crippen LogP contribution is 2.10. The van der Waals surface area contributed by atoms with Crippen molar-refractivity contribution in [1.29, 1.82) is 0 Å². The number of aliphatic hydroxyl groups excluding tert-OH is 1. The first-order chi connectivity index (χ1) is 9.81. The van der Waals surface area contributed by atoms with E-state index in [1.54, 1.807) is 30.5 Å². The van der Waals surface area contributed by atoms with E-state index in [-0.39, 0.29) is 18.2 Å². The molecule has 2 rings (SSSR count). The summed E-state index contributed by atoms with van der Waals surface area (Å²) in [5, 5.41) is 11.5. The molecular formula is C16H14N2O2. The Kier molecular flexibility index (Phi) is 4.87. The molecule has 0 bridgehead atoms. The fourth-order valence-electron chi connectivity index (χ4n) is 1.61. The molecule has 0 aliphatic carbocycles. The van der Waals surface area contributed by atoms with E-state index in [0.29, 0.717) is 17.7 Å². The first kappa shape index (κ1) is 13.8. The topological polar surface area (TPSA) is 62.2 Å². The smallest absolute Gasteiger partial charge is 0.275 e. The fraction of sp³-hybridized carbons (Fsp3) is 0.125. The van der Waals surface area contributed by atoms with Gasteiger partial charge in [0.15, 0.2) is 0 Å². The first-order valence-corrected chi connectivity index (χ1v) is 6.22. The summed E-state index contributed by atoms with van der Waals surface area (Å²) < 4.78 is 0. The summed E-state index contributed by atoms with van der Waals surface area (Å²) in [4.78, 5) is 16.3. The molecule has 0 saturated heterocycles. The summed E-state index contributed by atoms with van der Waals surface area (Å²) >= 11 is 0. The van der Waals surface area contributed by atoms with Gasteiger partial charge in [0.05, 0.1) is 12.2 Å². The van der Waals surface area contributed by atoms with Crippen LogP contribution in [0.5, 0.6) is 0 Å². The molecule has 1 aromatic carbocycles. The van der Waals surface area contributed by atoms with Crippen molar-refractivity contribution in [3.8, 4) is 11.8 Å². The lowest BCUT2D eigenvalue weighted by Crippen LogP contribution is -2.15. The van der Waals surface area contributed by atoms with E-state index in [1.165, 1.54) is 0 Å². The molecule has 20 heavy (non-hydrogen) atoms. The molecule has 1 heterocycles. The van der Waals surface area contributed by atoms with Crippen LogP contribution in [0.3, 0.4) is 0 Å². The van der Waals surface area contributed by atoms with Gasteiger partial charge in [0.2, 0.25) is 0 Å². The van der Waals surface area contributed by atoms with E-state index in [0.717, 1.165) is 0 Å². The monoisotopic (exact) mass is 266 g/mol. The lowest BCUT2D eigenvalue weighted by molar-refractivity contribution is 0.102. The average molecular weight is 266 g/mol. The molecule has 4 heteroatoms. The van der Waals surface area contributed by atoms with Crippen LogP contribution >= 0.6 is 0 Å². The predicted molar refractivity (Wildman–Crippen MR) is 77.2 cm³/mol. The van der Waals surface area contributed by atoms with Crippen LogP contribution in [-0.4, -0.2) is 22.6 Å². The molecule has 2 aromatic rings. The van der Waals surface area contributed by atoms with Crippen molar-refractivity contribution in [2.75, 3.05) is 11.9 Å². The van der Waals surface area contributed by atoms with E-state index >= 15 is 0 Å². The zero-order chi connectivity index (χ0) is 14.2. The van der Waals surface area contributed by atoms with Crippen molar-refractivity contribution < 1.29 is 9.90 Å². The minimum Gasteiger partial charge on any atom is -0.395 e. The van der Waals surface area contributed by atoms with E-state index in [9.17, 15) is 4.79 Å². The van der Waals surface area contributed by atoms with Gasteiger partial charge in [0.1, 0.15) is 5.69 Å². The number of carbonyl (C=O) groups is 1. The Morgan fingerprint density at radius 2 is 2.00 bits per heavy atom. The Morgan fingerprint density at radius 1 is 1.20 bits per heavy atom. The summed E-state index contributed by atoms with van der Waals surface area (Å²) in [5.41, 5.74) is 1.54. The minimum atomic E-state index is -0.301. The Bertz CT molecular complexity index is 642. The molecule has 0 radical (unpaired) electrons. The highest BCUT2D eigenvalue weighted by atomic mass is 16.2. The van der Waals surface area contributed by atoms with Gasteiger partial charge in [-0.25, -0.2) is 4.98 Å². The van der Waals surface area contributed by atoms with Gasteiger partial charge in [0.25, 0.3) is 5.91 Å². The number of amides is 1. The molecule has 1 aromatic heterocycles. The summed E-state index contributed by atoms with van der Waals surface area (Å²) in [6.07, 6.45) is 1.92. The highest BCUT2D eigenvalue weighted by Gasteiger charge is 2.11. The molecule has 0 atom stereocenters. The number of carbonyl (C=O) groups excluding carboxylic acids is 1. The molecule has 100 valence electrons. The Morgan fingerprint density at radius 3 is 2.75 bits per heavy atom. The van der Waals surface area contributed by atoms with Crippen LogP contribution in [0.2, 0.25) is 0 Å². The van der Waals surface area contributed by atoms with Crippen molar-refractivity contribution in [1.82, 2.24) is 4.98 Å². The largest absolute Gasteiger partial charge is 0.395 e. The van der Waals surface area contributed by atoms with Gasteiger partial charge in [-0.2, -0.15) is 0 Å². The second-order valence-corrected chi connectivity index (χ2v) is 4.00. The van der Waals surface area contributed by atoms with Crippen LogP contribution in [0.25, 0.3) is 0 Å². The molecule has 0 fully saturated rings. The van der Waals surface area contributed by atoms with Crippen molar-refractivity contribution in [3.05, 3.63) is 59.9 Å². The van der Waals surface area contributed by atoms with E-state index in [2.05, 4.69) is 22.1 Å². The molecule has 0 saturated carbocycles. The number of aromatic nitrogens is 1. The van der Waals surface area contributed by atoms with Crippen molar-refractivity contribution in [2.24, 2.45) is 0 Å². The normalized spacial score (nSPS) is 9.45. The van der Waals surface area contributed by atoms with Crippen molar-refractivity contribution >= 4 is 11.6 Å². The second kappa shape index (κ2) is 7.07. The van der Waals surface area contributed by atoms with Crippen LogP contribution in [0.1, 0.15) is 22.5 Å². The lowest BCUT2D eigenvalue weighted by atomic mass is 10.1. The molecule has 0 spiro atoms. The summed E-state index contributed by atoms with van der Waals surface area (Å²) in [6, 6.07) is 12.6. The zero-order valence-corrected chi connectivity index (χ0v) is 10.8. The number of para-hydroxylation sites is 1. The van der Waals surface area contributed by atoms with Gasteiger partial charge in [0, 0.05) is 18.3 Å². The van der Waals surface area contributed by atoms with Crippen molar-refractivity contribution in [3.63, 3.8) is 0 Å². The Labute approximate surface area is 117 Å². The molecule has 4 nitrogen and oxygen atoms in total. The van der Waals surface area contributed by atoms with Crippen LogP contribution in [0.4, 0.5) is 5.69 Å². The third-order valence-corrected chi connectivity index (χ3v) is 2.51. The molecule has 0 unspecified atom stereocenters. The molecule has 0 aliphatic rings. The number of rotatable bonds is 3. The maximum absolute atomic E-state index is 12.2. The maximum atomic E-state index is 12.2. The van der Waals surface area contributed by atoms with Gasteiger partial charge in [-0.15, -0.1) is 0 Å². The van der Waals surface area contributed by atoms with Gasteiger partial charge >= 0.3 is 0 Å². The summed E-state index contributed by atoms with van der Waals surface area (Å²) in [5.74, 6) is 5.34. The maximum Gasteiger partial charge on any atom is 0.275 e. The van der Waals surface area contributed by atoms with Crippen molar-refractivity contribution in [2.45, 2.75) is 6.42 Å².